The highest BCUT2D eigenvalue weighted by Crippen LogP contribution is 2.17. The molecule has 7 nitrogen and oxygen atoms in total. The molecule has 1 heterocycles. The molecular formula is C12H15N3O4. The van der Waals surface area contributed by atoms with E-state index >= 15 is 0 Å². The molecule has 1 unspecified atom stereocenters. The molecule has 1 aromatic carbocycles. The van der Waals surface area contributed by atoms with Gasteiger partial charge in [-0.3, -0.25) is 9.36 Å². The smallest absolute Gasteiger partial charge is 0.419 e. The summed E-state index contributed by atoms with van der Waals surface area (Å²) in [5.74, 6) is -1.44. The Morgan fingerprint density at radius 1 is 1.58 bits per heavy atom. The maximum absolute atomic E-state index is 11.3. The number of hydrogen-bond donors (Lipinski definition) is 3. The summed E-state index contributed by atoms with van der Waals surface area (Å²) in [4.78, 5) is 21.9. The van der Waals surface area contributed by atoms with Gasteiger partial charge in [0.2, 0.25) is 0 Å². The van der Waals surface area contributed by atoms with E-state index < -0.39 is 17.8 Å². The second-order valence-corrected chi connectivity index (χ2v) is 4.27. The van der Waals surface area contributed by atoms with E-state index in [9.17, 15) is 9.59 Å². The molecule has 0 radical (unpaired) electrons. The van der Waals surface area contributed by atoms with Gasteiger partial charge >= 0.3 is 11.7 Å². The molecule has 4 N–H and O–H groups in total. The number of carboxylic acids is 1. The van der Waals surface area contributed by atoms with Crippen LogP contribution in [0.25, 0.3) is 11.1 Å². The zero-order valence-electron chi connectivity index (χ0n) is 10.4. The molecule has 0 saturated heterocycles. The van der Waals surface area contributed by atoms with Crippen LogP contribution >= 0.6 is 0 Å². The predicted octanol–water partition coefficient (Wildman–Crippen LogP) is 0.345. The Morgan fingerprint density at radius 3 is 3.00 bits per heavy atom. The maximum atomic E-state index is 11.3. The minimum atomic E-state index is -1.02. The molecule has 0 aliphatic rings. The molecule has 1 aromatic heterocycles. The summed E-state index contributed by atoms with van der Waals surface area (Å²) in [5, 5.41) is 11.7. The molecule has 102 valence electrons. The van der Waals surface area contributed by atoms with Gasteiger partial charge in [-0.15, -0.1) is 0 Å². The van der Waals surface area contributed by atoms with Gasteiger partial charge in [-0.25, -0.2) is 4.79 Å². The normalized spacial score (nSPS) is 12.5. The first-order valence-corrected chi connectivity index (χ1v) is 5.81. The Labute approximate surface area is 108 Å². The zero-order valence-corrected chi connectivity index (χ0v) is 10.4. The number of carboxylic acid groups (broad SMARTS) is 1. The molecule has 0 aliphatic heterocycles. The van der Waals surface area contributed by atoms with E-state index in [-0.39, 0.29) is 0 Å². The Kier molecular flexibility index (Phi) is 3.57. The van der Waals surface area contributed by atoms with Crippen LogP contribution in [0.5, 0.6) is 0 Å². The van der Waals surface area contributed by atoms with Gasteiger partial charge in [-0.1, -0.05) is 0 Å². The standard InChI is InChI=1S/C12H15N3O4/c1-15-9-6-7(2-3-10(9)19-12(15)18)14-5-4-8(13)11(16)17/h2-3,6,8,14H,4-5,13H2,1H3,(H,16,17). The molecule has 2 rings (SSSR count). The van der Waals surface area contributed by atoms with Crippen molar-refractivity contribution in [2.75, 3.05) is 11.9 Å². The van der Waals surface area contributed by atoms with Gasteiger partial charge in [-0.2, -0.15) is 0 Å². The van der Waals surface area contributed by atoms with Crippen molar-refractivity contribution in [1.29, 1.82) is 0 Å². The molecule has 19 heavy (non-hydrogen) atoms. The molecule has 1 atom stereocenters. The largest absolute Gasteiger partial charge is 0.480 e. The van der Waals surface area contributed by atoms with Crippen LogP contribution in [0.3, 0.4) is 0 Å². The van der Waals surface area contributed by atoms with Gasteiger partial charge in [-0.05, 0) is 24.6 Å². The first kappa shape index (κ1) is 13.2. The second kappa shape index (κ2) is 5.15. The molecule has 0 amide bonds. The molecule has 0 fully saturated rings. The monoisotopic (exact) mass is 265 g/mol. The fourth-order valence-electron chi connectivity index (χ4n) is 1.73. The van der Waals surface area contributed by atoms with Crippen molar-refractivity contribution < 1.29 is 14.3 Å². The number of benzene rings is 1. The number of nitrogens with one attached hydrogen (secondary N) is 1. The maximum Gasteiger partial charge on any atom is 0.419 e. The number of carbonyl (C=O) groups is 1. The summed E-state index contributed by atoms with van der Waals surface area (Å²) in [6, 6.07) is 4.34. The number of aryl methyl sites for hydroxylation is 1. The molecule has 0 spiro atoms. The summed E-state index contributed by atoms with van der Waals surface area (Å²) in [6.07, 6.45) is 0.317. The lowest BCUT2D eigenvalue weighted by molar-refractivity contribution is -0.138. The summed E-state index contributed by atoms with van der Waals surface area (Å²) >= 11 is 0. The van der Waals surface area contributed by atoms with E-state index in [2.05, 4.69) is 5.32 Å². The van der Waals surface area contributed by atoms with Gasteiger partial charge in [0.05, 0.1) is 5.52 Å². The number of aliphatic carboxylic acids is 1. The van der Waals surface area contributed by atoms with Crippen LogP contribution in [-0.2, 0) is 11.8 Å². The van der Waals surface area contributed by atoms with Crippen LogP contribution in [-0.4, -0.2) is 28.2 Å². The third-order valence-electron chi connectivity index (χ3n) is 2.89. The fraction of sp³-hybridized carbons (Fsp3) is 0.333. The first-order chi connectivity index (χ1) is 8.99. The van der Waals surface area contributed by atoms with Crippen LogP contribution in [0, 0.1) is 0 Å². The highest BCUT2D eigenvalue weighted by molar-refractivity contribution is 5.77. The predicted molar refractivity (Wildman–Crippen MR) is 70.2 cm³/mol. The fourth-order valence-corrected chi connectivity index (χ4v) is 1.73. The Bertz CT molecular complexity index is 659. The van der Waals surface area contributed by atoms with Crippen LogP contribution in [0.4, 0.5) is 5.69 Å². The third-order valence-corrected chi connectivity index (χ3v) is 2.89. The van der Waals surface area contributed by atoms with Crippen LogP contribution in [0.2, 0.25) is 0 Å². The SMILES string of the molecule is Cn1c(=O)oc2ccc(NCCC(N)C(=O)O)cc21. The topological polar surface area (TPSA) is 110 Å². The lowest BCUT2D eigenvalue weighted by Crippen LogP contribution is -2.32. The van der Waals surface area contributed by atoms with Crippen molar-refractivity contribution in [2.24, 2.45) is 12.8 Å². The third kappa shape index (κ3) is 2.76. The van der Waals surface area contributed by atoms with Crippen molar-refractivity contribution in [3.63, 3.8) is 0 Å². The molecule has 0 bridgehead atoms. The van der Waals surface area contributed by atoms with Crippen molar-refractivity contribution >= 4 is 22.8 Å². The number of oxazole rings is 1. The Balaban J connectivity index is 2.07. The number of hydrogen-bond acceptors (Lipinski definition) is 5. The van der Waals surface area contributed by atoms with Crippen LogP contribution in [0.15, 0.2) is 27.4 Å². The van der Waals surface area contributed by atoms with E-state index in [4.69, 9.17) is 15.3 Å². The molecule has 7 heteroatoms. The number of fused-ring (bicyclic) bond motifs is 1. The van der Waals surface area contributed by atoms with Crippen molar-refractivity contribution in [3.8, 4) is 0 Å². The van der Waals surface area contributed by atoms with Gasteiger partial charge < -0.3 is 20.6 Å². The van der Waals surface area contributed by atoms with E-state index in [1.165, 1.54) is 4.57 Å². The van der Waals surface area contributed by atoms with Crippen LogP contribution < -0.4 is 16.8 Å². The summed E-state index contributed by atoms with van der Waals surface area (Å²) < 4.78 is 6.42. The Morgan fingerprint density at radius 2 is 2.32 bits per heavy atom. The number of anilines is 1. The quantitative estimate of drug-likeness (QED) is 0.719. The second-order valence-electron chi connectivity index (χ2n) is 4.27. The average molecular weight is 265 g/mol. The van der Waals surface area contributed by atoms with Gasteiger partial charge in [0, 0.05) is 19.3 Å². The summed E-state index contributed by atoms with van der Waals surface area (Å²) in [6.45, 7) is 0.435. The van der Waals surface area contributed by atoms with Crippen molar-refractivity contribution in [2.45, 2.75) is 12.5 Å². The summed E-state index contributed by atoms with van der Waals surface area (Å²) in [7, 11) is 1.62. The van der Waals surface area contributed by atoms with Gasteiger partial charge in [0.25, 0.3) is 0 Å². The number of nitrogens with two attached hydrogens (primary N) is 1. The molecule has 0 saturated carbocycles. The first-order valence-electron chi connectivity index (χ1n) is 5.81. The van der Waals surface area contributed by atoms with Crippen molar-refractivity contribution in [3.05, 3.63) is 28.7 Å². The van der Waals surface area contributed by atoms with Crippen molar-refractivity contribution in [1.82, 2.24) is 4.57 Å². The van der Waals surface area contributed by atoms with Gasteiger partial charge in [0.1, 0.15) is 6.04 Å². The molecule has 0 aliphatic carbocycles. The lowest BCUT2D eigenvalue weighted by Gasteiger charge is -2.09. The minimum Gasteiger partial charge on any atom is -0.480 e. The van der Waals surface area contributed by atoms with E-state index in [1.54, 1.807) is 25.2 Å². The minimum absolute atomic E-state index is 0.317. The number of nitrogens with zero attached hydrogens (tertiary/aromatic N) is 1. The highest BCUT2D eigenvalue weighted by Gasteiger charge is 2.10. The lowest BCUT2D eigenvalue weighted by atomic mass is 10.2. The average Bonchev–Trinajstić information content (AvgIpc) is 2.65. The van der Waals surface area contributed by atoms with Crippen LogP contribution in [0.1, 0.15) is 6.42 Å². The van der Waals surface area contributed by atoms with E-state index in [0.29, 0.717) is 24.1 Å². The summed E-state index contributed by atoms with van der Waals surface area (Å²) in [5.41, 5.74) is 7.37. The Hall–Kier alpha value is -2.28. The zero-order chi connectivity index (χ0) is 14.0. The number of aromatic nitrogens is 1. The molecular weight excluding hydrogens is 250 g/mol. The van der Waals surface area contributed by atoms with E-state index in [0.717, 1.165) is 5.69 Å². The molecule has 2 aromatic rings. The van der Waals surface area contributed by atoms with Gasteiger partial charge in [0.15, 0.2) is 5.58 Å². The number of rotatable bonds is 5. The van der Waals surface area contributed by atoms with E-state index in [1.807, 2.05) is 0 Å². The highest BCUT2D eigenvalue weighted by atomic mass is 16.4.